The molecule has 0 bridgehead atoms. The molecule has 0 aliphatic heterocycles. The SMILES string of the molecule is COc1ccc(BOC(C)(C)C(C)(C)OC)c(Cl)c1. The van der Waals surface area contributed by atoms with E-state index in [1.165, 1.54) is 0 Å². The van der Waals surface area contributed by atoms with Crippen LogP contribution in [0.15, 0.2) is 18.2 Å². The van der Waals surface area contributed by atoms with Crippen LogP contribution in [0.25, 0.3) is 0 Å². The molecule has 1 aromatic rings. The largest absolute Gasteiger partial charge is 0.497 e. The van der Waals surface area contributed by atoms with E-state index in [9.17, 15) is 0 Å². The molecule has 106 valence electrons. The lowest BCUT2D eigenvalue weighted by Gasteiger charge is -2.40. The van der Waals surface area contributed by atoms with Crippen molar-refractivity contribution in [3.8, 4) is 5.75 Å². The number of ether oxygens (including phenoxy) is 2. The molecule has 0 heterocycles. The maximum Gasteiger partial charge on any atom is 0.310 e. The van der Waals surface area contributed by atoms with E-state index in [4.69, 9.17) is 25.7 Å². The maximum atomic E-state index is 6.19. The fourth-order valence-corrected chi connectivity index (χ4v) is 1.67. The maximum absolute atomic E-state index is 6.19. The van der Waals surface area contributed by atoms with Gasteiger partial charge in [0.15, 0.2) is 0 Å². The molecule has 19 heavy (non-hydrogen) atoms. The Morgan fingerprint density at radius 3 is 2.16 bits per heavy atom. The second-order valence-electron chi connectivity index (χ2n) is 5.47. The summed E-state index contributed by atoms with van der Waals surface area (Å²) in [5.41, 5.74) is 0.124. The second-order valence-corrected chi connectivity index (χ2v) is 5.88. The molecule has 0 unspecified atom stereocenters. The van der Waals surface area contributed by atoms with Crippen LogP contribution >= 0.6 is 11.6 Å². The summed E-state index contributed by atoms with van der Waals surface area (Å²) >= 11 is 6.19. The molecule has 0 saturated carbocycles. The fourth-order valence-electron chi connectivity index (χ4n) is 1.45. The first-order chi connectivity index (χ1) is 8.73. The molecular formula is C14H22BClO3. The quantitative estimate of drug-likeness (QED) is 0.752. The van der Waals surface area contributed by atoms with Crippen molar-refractivity contribution in [2.24, 2.45) is 0 Å². The topological polar surface area (TPSA) is 27.7 Å². The molecule has 3 nitrogen and oxygen atoms in total. The van der Waals surface area contributed by atoms with E-state index in [0.717, 1.165) is 11.2 Å². The lowest BCUT2D eigenvalue weighted by Crippen LogP contribution is -2.50. The fraction of sp³-hybridized carbons (Fsp3) is 0.571. The standard InChI is InChI=1S/C14H22BClO3/c1-13(2,18-6)14(3,4)19-15-11-8-7-10(17-5)9-12(11)16/h7-9,15H,1-6H3. The lowest BCUT2D eigenvalue weighted by atomic mass is 9.82. The third-order valence-electron chi connectivity index (χ3n) is 3.81. The van der Waals surface area contributed by atoms with Gasteiger partial charge in [-0.15, -0.1) is 0 Å². The molecule has 0 aromatic heterocycles. The molecule has 1 aromatic carbocycles. The minimum Gasteiger partial charge on any atom is -0.497 e. The number of methoxy groups -OCH3 is 2. The van der Waals surface area contributed by atoms with E-state index in [-0.39, 0.29) is 5.60 Å². The van der Waals surface area contributed by atoms with Gasteiger partial charge in [-0.05, 0) is 45.3 Å². The van der Waals surface area contributed by atoms with Gasteiger partial charge in [0.1, 0.15) is 5.75 Å². The van der Waals surface area contributed by atoms with Crippen molar-refractivity contribution >= 4 is 24.5 Å². The van der Waals surface area contributed by atoms with Crippen molar-refractivity contribution in [3.63, 3.8) is 0 Å². The summed E-state index contributed by atoms with van der Waals surface area (Å²) < 4.78 is 16.6. The summed E-state index contributed by atoms with van der Waals surface area (Å²) in [6.45, 7) is 8.02. The average molecular weight is 285 g/mol. The molecule has 0 radical (unpaired) electrons. The summed E-state index contributed by atoms with van der Waals surface area (Å²) in [7, 11) is 3.74. The average Bonchev–Trinajstić information content (AvgIpc) is 2.36. The summed E-state index contributed by atoms with van der Waals surface area (Å²) in [6, 6.07) is 5.57. The van der Waals surface area contributed by atoms with Crippen LogP contribution in [0.4, 0.5) is 0 Å². The number of hydrogen-bond acceptors (Lipinski definition) is 3. The highest BCUT2D eigenvalue weighted by Gasteiger charge is 2.37. The second kappa shape index (κ2) is 6.16. The van der Waals surface area contributed by atoms with Crippen molar-refractivity contribution in [2.45, 2.75) is 38.9 Å². The van der Waals surface area contributed by atoms with Gasteiger partial charge in [-0.25, -0.2) is 0 Å². The first kappa shape index (κ1) is 16.3. The Balaban J connectivity index is 2.77. The predicted octanol–water partition coefficient (Wildman–Crippen LogP) is 2.55. The Labute approximate surface area is 121 Å². The Morgan fingerprint density at radius 1 is 1.05 bits per heavy atom. The monoisotopic (exact) mass is 284 g/mol. The highest BCUT2D eigenvalue weighted by molar-refractivity contribution is 6.53. The van der Waals surface area contributed by atoms with E-state index in [1.54, 1.807) is 20.3 Å². The van der Waals surface area contributed by atoms with Crippen LogP contribution in [0, 0.1) is 0 Å². The zero-order valence-electron chi connectivity index (χ0n) is 12.5. The lowest BCUT2D eigenvalue weighted by molar-refractivity contribution is -0.114. The number of hydrogen-bond donors (Lipinski definition) is 0. The summed E-state index contributed by atoms with van der Waals surface area (Å²) in [6.07, 6.45) is 0. The van der Waals surface area contributed by atoms with E-state index in [1.807, 2.05) is 39.8 Å². The third-order valence-corrected chi connectivity index (χ3v) is 4.16. The van der Waals surface area contributed by atoms with E-state index in [0.29, 0.717) is 12.5 Å². The molecule has 1 rings (SSSR count). The Hall–Kier alpha value is -0.705. The van der Waals surface area contributed by atoms with Gasteiger partial charge in [-0.1, -0.05) is 17.7 Å². The molecule has 0 fully saturated rings. The highest BCUT2D eigenvalue weighted by Crippen LogP contribution is 2.28. The summed E-state index contributed by atoms with van der Waals surface area (Å²) in [5, 5.41) is 0.644. The van der Waals surface area contributed by atoms with Crippen LogP contribution < -0.4 is 10.2 Å². The Morgan fingerprint density at radius 2 is 1.68 bits per heavy atom. The zero-order valence-corrected chi connectivity index (χ0v) is 13.3. The third kappa shape index (κ3) is 3.88. The number of halogens is 1. The number of benzene rings is 1. The van der Waals surface area contributed by atoms with Crippen LogP contribution in [0.5, 0.6) is 5.75 Å². The zero-order chi connectivity index (χ0) is 14.7. The van der Waals surface area contributed by atoms with Crippen molar-refractivity contribution in [1.29, 1.82) is 0 Å². The van der Waals surface area contributed by atoms with Gasteiger partial charge >= 0.3 is 7.48 Å². The van der Waals surface area contributed by atoms with Gasteiger partial charge in [-0.2, -0.15) is 0 Å². The van der Waals surface area contributed by atoms with Crippen molar-refractivity contribution in [2.75, 3.05) is 14.2 Å². The minimum atomic E-state index is -0.426. The van der Waals surface area contributed by atoms with Gasteiger partial charge < -0.3 is 14.1 Å². The van der Waals surface area contributed by atoms with Crippen molar-refractivity contribution < 1.29 is 14.1 Å². The molecule has 0 N–H and O–H groups in total. The molecule has 0 aliphatic rings. The Kier molecular flexibility index (Phi) is 5.30. The van der Waals surface area contributed by atoms with Gasteiger partial charge in [0.2, 0.25) is 0 Å². The molecule has 0 atom stereocenters. The predicted molar refractivity (Wildman–Crippen MR) is 81.0 cm³/mol. The smallest absolute Gasteiger partial charge is 0.310 e. The van der Waals surface area contributed by atoms with Gasteiger partial charge in [-0.3, -0.25) is 0 Å². The molecule has 0 saturated heterocycles. The summed E-state index contributed by atoms with van der Waals surface area (Å²) in [5.74, 6) is 0.741. The van der Waals surface area contributed by atoms with Crippen LogP contribution in [-0.4, -0.2) is 32.9 Å². The minimum absolute atomic E-state index is 0.383. The van der Waals surface area contributed by atoms with Crippen LogP contribution in [-0.2, 0) is 9.39 Å². The van der Waals surface area contributed by atoms with Gasteiger partial charge in [0, 0.05) is 12.1 Å². The van der Waals surface area contributed by atoms with Crippen LogP contribution in [0.2, 0.25) is 5.02 Å². The first-order valence-corrected chi connectivity index (χ1v) is 6.63. The van der Waals surface area contributed by atoms with Crippen LogP contribution in [0.3, 0.4) is 0 Å². The van der Waals surface area contributed by atoms with E-state index < -0.39 is 5.60 Å². The van der Waals surface area contributed by atoms with Gasteiger partial charge in [0.25, 0.3) is 0 Å². The van der Waals surface area contributed by atoms with Crippen LogP contribution in [0.1, 0.15) is 27.7 Å². The molecule has 5 heteroatoms. The normalized spacial score (nSPS) is 12.4. The molecule has 0 aliphatic carbocycles. The van der Waals surface area contributed by atoms with Crippen molar-refractivity contribution in [1.82, 2.24) is 0 Å². The molecular weight excluding hydrogens is 262 g/mol. The molecule has 0 spiro atoms. The van der Waals surface area contributed by atoms with Crippen molar-refractivity contribution in [3.05, 3.63) is 23.2 Å². The first-order valence-electron chi connectivity index (χ1n) is 6.25. The Bertz CT molecular complexity index is 433. The summed E-state index contributed by atoms with van der Waals surface area (Å²) in [4.78, 5) is 0. The van der Waals surface area contributed by atoms with Gasteiger partial charge in [0.05, 0.1) is 18.3 Å². The highest BCUT2D eigenvalue weighted by atomic mass is 35.5. The van der Waals surface area contributed by atoms with E-state index in [2.05, 4.69) is 0 Å². The van der Waals surface area contributed by atoms with E-state index >= 15 is 0 Å². The number of rotatable bonds is 6. The molecule has 0 amide bonds.